The third-order valence-corrected chi connectivity index (χ3v) is 7.64. The second-order valence-electron chi connectivity index (χ2n) is 10.9. The molecule has 40 heavy (non-hydrogen) atoms. The highest BCUT2D eigenvalue weighted by molar-refractivity contribution is 5.98. The van der Waals surface area contributed by atoms with E-state index in [9.17, 15) is 15.2 Å². The maximum Gasteiger partial charge on any atom is 0.255 e. The van der Waals surface area contributed by atoms with Crippen molar-refractivity contribution >= 4 is 22.9 Å². The van der Waals surface area contributed by atoms with Crippen molar-refractivity contribution in [1.29, 1.82) is 5.26 Å². The minimum Gasteiger partial charge on any atom is -0.481 e. The molecule has 0 radical (unpaired) electrons. The van der Waals surface area contributed by atoms with E-state index in [-0.39, 0.29) is 0 Å². The van der Waals surface area contributed by atoms with Gasteiger partial charge in [0.2, 0.25) is 5.88 Å². The summed E-state index contributed by atoms with van der Waals surface area (Å²) in [6.07, 6.45) is 7.97. The SMILES string of the molecule is COc1ccc(CN2C3CC2CN(c2ccc(-c4cc(NC(=O)C(C)(C)O)cn5ncc(C#N)c45)cn2)C3)cn1. The van der Waals surface area contributed by atoms with Crippen LogP contribution >= 0.6 is 0 Å². The fraction of sp³-hybridized carbons (Fsp3) is 0.345. The Balaban J connectivity index is 1.21. The van der Waals surface area contributed by atoms with Crippen LogP contribution in [0.1, 0.15) is 31.4 Å². The summed E-state index contributed by atoms with van der Waals surface area (Å²) in [6, 6.07) is 12.8. The molecular formula is C29H30N8O3. The monoisotopic (exact) mass is 538 g/mol. The van der Waals surface area contributed by atoms with Gasteiger partial charge in [-0.1, -0.05) is 6.07 Å². The van der Waals surface area contributed by atoms with E-state index in [4.69, 9.17) is 9.72 Å². The molecule has 4 aromatic rings. The summed E-state index contributed by atoms with van der Waals surface area (Å²) in [5, 5.41) is 26.8. The van der Waals surface area contributed by atoms with E-state index in [0.29, 0.717) is 40.3 Å². The number of aromatic nitrogens is 4. The van der Waals surface area contributed by atoms with Gasteiger partial charge in [-0.15, -0.1) is 0 Å². The Bertz CT molecular complexity index is 1590. The molecule has 2 atom stereocenters. The molecule has 3 fully saturated rings. The first-order chi connectivity index (χ1) is 19.2. The molecule has 1 amide bonds. The van der Waals surface area contributed by atoms with Crippen LogP contribution in [0.15, 0.2) is 55.1 Å². The molecule has 3 aliphatic rings. The fourth-order valence-electron chi connectivity index (χ4n) is 5.48. The highest BCUT2D eigenvalue weighted by Gasteiger charge is 2.44. The molecule has 11 heteroatoms. The number of nitrogens with one attached hydrogen (secondary N) is 1. The number of piperidine rings is 1. The lowest BCUT2D eigenvalue weighted by atomic mass is 9.87. The third kappa shape index (κ3) is 4.72. The average Bonchev–Trinajstić information content (AvgIpc) is 3.38. The lowest BCUT2D eigenvalue weighted by Crippen LogP contribution is -2.68. The molecule has 3 saturated heterocycles. The van der Waals surface area contributed by atoms with Crippen LogP contribution in [-0.2, 0) is 11.3 Å². The highest BCUT2D eigenvalue weighted by Crippen LogP contribution is 2.36. The van der Waals surface area contributed by atoms with Gasteiger partial charge in [0.25, 0.3) is 5.91 Å². The normalized spacial score (nSPS) is 18.7. The predicted octanol–water partition coefficient (Wildman–Crippen LogP) is 2.84. The van der Waals surface area contributed by atoms with Gasteiger partial charge >= 0.3 is 0 Å². The molecule has 204 valence electrons. The van der Waals surface area contributed by atoms with Crippen LogP contribution in [0.3, 0.4) is 0 Å². The highest BCUT2D eigenvalue weighted by atomic mass is 16.5. The molecule has 2 bridgehead atoms. The summed E-state index contributed by atoms with van der Waals surface area (Å²) in [4.78, 5) is 26.4. The van der Waals surface area contributed by atoms with E-state index in [0.717, 1.165) is 31.0 Å². The number of carbonyl (C=O) groups is 1. The number of piperazine rings is 1. The number of methoxy groups -OCH3 is 1. The summed E-state index contributed by atoms with van der Waals surface area (Å²) in [5.41, 5.74) is 2.63. The van der Waals surface area contributed by atoms with E-state index in [2.05, 4.69) is 37.3 Å². The molecule has 2 N–H and O–H groups in total. The minimum atomic E-state index is -1.55. The van der Waals surface area contributed by atoms with Crippen LogP contribution in [0.25, 0.3) is 16.6 Å². The van der Waals surface area contributed by atoms with Gasteiger partial charge in [0.05, 0.1) is 36.3 Å². The second kappa shape index (κ2) is 9.89. The number of aliphatic hydroxyl groups is 1. The van der Waals surface area contributed by atoms with Crippen molar-refractivity contribution in [2.24, 2.45) is 0 Å². The number of nitrogens with zero attached hydrogens (tertiary/aromatic N) is 7. The summed E-state index contributed by atoms with van der Waals surface area (Å²) in [7, 11) is 1.62. The van der Waals surface area contributed by atoms with Crippen LogP contribution < -0.4 is 15.0 Å². The van der Waals surface area contributed by atoms with E-state index in [1.165, 1.54) is 32.0 Å². The molecule has 0 aromatic carbocycles. The smallest absolute Gasteiger partial charge is 0.255 e. The Labute approximate surface area is 231 Å². The van der Waals surface area contributed by atoms with Gasteiger partial charge in [-0.05, 0) is 44.0 Å². The number of hydrogen-bond acceptors (Lipinski definition) is 9. The molecule has 11 nitrogen and oxygen atoms in total. The quantitative estimate of drug-likeness (QED) is 0.365. The van der Waals surface area contributed by atoms with Gasteiger partial charge in [0.1, 0.15) is 17.5 Å². The first kappa shape index (κ1) is 25.7. The summed E-state index contributed by atoms with van der Waals surface area (Å²) in [6.45, 7) is 5.51. The summed E-state index contributed by atoms with van der Waals surface area (Å²) in [5.74, 6) is 0.984. The van der Waals surface area contributed by atoms with Gasteiger partial charge in [-0.3, -0.25) is 9.69 Å². The van der Waals surface area contributed by atoms with Crippen molar-refractivity contribution in [3.05, 3.63) is 66.2 Å². The number of fused-ring (bicyclic) bond motifs is 3. The standard InChI is InChI=1S/C29H30N8O3/c1-29(2,39)28(38)34-21-8-24(27-20(10-30)13-33-37(27)15-21)19-5-6-25(31-12-19)35-16-22-9-23(17-35)36(22)14-18-4-7-26(40-3)32-11-18/h4-8,11-13,15,22-23,39H,9,14,16-17H2,1-3H3,(H,34,38). The number of carbonyl (C=O) groups excluding carboxylic acids is 1. The second-order valence-corrected chi connectivity index (χ2v) is 10.9. The lowest BCUT2D eigenvalue weighted by Gasteiger charge is -2.56. The first-order valence-corrected chi connectivity index (χ1v) is 13.1. The van der Waals surface area contributed by atoms with Gasteiger partial charge < -0.3 is 20.1 Å². The van der Waals surface area contributed by atoms with Gasteiger partial charge in [0.15, 0.2) is 0 Å². The fourth-order valence-corrected chi connectivity index (χ4v) is 5.48. The molecule has 4 aromatic heterocycles. The van der Waals surface area contributed by atoms with Crippen LogP contribution in [0.5, 0.6) is 5.88 Å². The van der Waals surface area contributed by atoms with Gasteiger partial charge in [-0.2, -0.15) is 10.4 Å². The van der Waals surface area contributed by atoms with Crippen molar-refractivity contribution < 1.29 is 14.6 Å². The Morgan fingerprint density at radius 1 is 1.18 bits per heavy atom. The van der Waals surface area contributed by atoms with Crippen molar-refractivity contribution in [2.75, 3.05) is 30.4 Å². The molecule has 0 saturated carbocycles. The Morgan fingerprint density at radius 2 is 1.98 bits per heavy atom. The largest absolute Gasteiger partial charge is 0.481 e. The molecule has 7 rings (SSSR count). The number of hydrogen-bond donors (Lipinski definition) is 2. The molecule has 0 spiro atoms. The van der Waals surface area contributed by atoms with E-state index in [1.54, 1.807) is 30.1 Å². The first-order valence-electron chi connectivity index (χ1n) is 13.1. The average molecular weight is 539 g/mol. The van der Waals surface area contributed by atoms with E-state index < -0.39 is 11.5 Å². The molecule has 0 aliphatic carbocycles. The van der Waals surface area contributed by atoms with Crippen LogP contribution in [0.4, 0.5) is 11.5 Å². The number of rotatable bonds is 7. The van der Waals surface area contributed by atoms with Crippen molar-refractivity contribution in [3.8, 4) is 23.1 Å². The van der Waals surface area contributed by atoms with Crippen LogP contribution in [0, 0.1) is 11.3 Å². The van der Waals surface area contributed by atoms with Crippen molar-refractivity contribution in [1.82, 2.24) is 24.5 Å². The number of ether oxygens (including phenoxy) is 1. The lowest BCUT2D eigenvalue weighted by molar-refractivity contribution is -0.130. The van der Waals surface area contributed by atoms with Gasteiger partial charge in [0, 0.05) is 61.3 Å². The minimum absolute atomic E-state index is 0.419. The third-order valence-electron chi connectivity index (χ3n) is 7.64. The maximum atomic E-state index is 12.4. The Hall–Kier alpha value is -4.53. The van der Waals surface area contributed by atoms with Crippen molar-refractivity contribution in [3.63, 3.8) is 0 Å². The van der Waals surface area contributed by atoms with Crippen molar-refractivity contribution in [2.45, 2.75) is 44.5 Å². The van der Waals surface area contributed by atoms with Crippen LogP contribution in [-0.4, -0.2) is 73.4 Å². The topological polar surface area (TPSA) is 132 Å². The number of pyridine rings is 3. The maximum absolute atomic E-state index is 12.4. The zero-order valence-corrected chi connectivity index (χ0v) is 22.6. The van der Waals surface area contributed by atoms with E-state index in [1.807, 2.05) is 24.4 Å². The van der Waals surface area contributed by atoms with Crippen LogP contribution in [0.2, 0.25) is 0 Å². The van der Waals surface area contributed by atoms with E-state index >= 15 is 0 Å². The number of nitriles is 1. The Kier molecular flexibility index (Phi) is 6.37. The number of amides is 1. The molecule has 7 heterocycles. The predicted molar refractivity (Wildman–Crippen MR) is 149 cm³/mol. The Morgan fingerprint density at radius 3 is 2.60 bits per heavy atom. The molecule has 3 aliphatic heterocycles. The number of anilines is 2. The zero-order valence-electron chi connectivity index (χ0n) is 22.6. The summed E-state index contributed by atoms with van der Waals surface area (Å²) >= 11 is 0. The van der Waals surface area contributed by atoms with Gasteiger partial charge in [-0.25, -0.2) is 14.5 Å². The zero-order chi connectivity index (χ0) is 28.0. The molecular weight excluding hydrogens is 508 g/mol. The molecule has 2 unspecified atom stereocenters. The summed E-state index contributed by atoms with van der Waals surface area (Å²) < 4.78 is 6.73.